The van der Waals surface area contributed by atoms with E-state index in [0.29, 0.717) is 27.8 Å². The molecule has 8 nitrogen and oxygen atoms in total. The summed E-state index contributed by atoms with van der Waals surface area (Å²) >= 11 is 2.22. The quantitative estimate of drug-likeness (QED) is 0.548. The van der Waals surface area contributed by atoms with Gasteiger partial charge in [0.25, 0.3) is 0 Å². The zero-order valence-electron chi connectivity index (χ0n) is 13.2. The van der Waals surface area contributed by atoms with E-state index in [4.69, 9.17) is 5.11 Å². The highest BCUT2D eigenvalue weighted by Crippen LogP contribution is 2.34. The molecule has 3 rings (SSSR count). The van der Waals surface area contributed by atoms with Gasteiger partial charge in [-0.2, -0.15) is 4.37 Å². The second-order valence-electron chi connectivity index (χ2n) is 5.10. The Morgan fingerprint density at radius 2 is 2.15 bits per heavy atom. The maximum atomic E-state index is 14.2. The largest absolute Gasteiger partial charge is 0.507 e. The number of hydrogen-bond donors (Lipinski definition) is 3. The highest BCUT2D eigenvalue weighted by Gasteiger charge is 2.20. The molecule has 0 spiro atoms. The number of thiazole rings is 1. The summed E-state index contributed by atoms with van der Waals surface area (Å²) < 4.78 is 18.4. The van der Waals surface area contributed by atoms with Crippen LogP contribution in [0.3, 0.4) is 0 Å². The number of carboxylic acid groups (broad SMARTS) is 1. The Hall–Kier alpha value is -2.92. The second kappa shape index (κ2) is 7.14. The summed E-state index contributed by atoms with van der Waals surface area (Å²) in [5, 5.41) is 22.1. The summed E-state index contributed by atoms with van der Waals surface area (Å²) in [5.74, 6) is -2.46. The van der Waals surface area contributed by atoms with E-state index < -0.39 is 23.1 Å². The van der Waals surface area contributed by atoms with Crippen LogP contribution in [-0.4, -0.2) is 36.9 Å². The minimum atomic E-state index is -1.43. The predicted molar refractivity (Wildman–Crippen MR) is 92.7 cm³/mol. The number of nitrogens with one attached hydrogen (secondary N) is 1. The number of aromatic hydroxyl groups is 1. The van der Waals surface area contributed by atoms with Crippen LogP contribution in [0.5, 0.6) is 5.75 Å². The number of aromatic carboxylic acids is 1. The molecule has 0 atom stereocenters. The lowest BCUT2D eigenvalue weighted by Gasteiger charge is -2.03. The molecule has 0 bridgehead atoms. The van der Waals surface area contributed by atoms with Crippen molar-refractivity contribution in [2.75, 3.05) is 0 Å². The lowest BCUT2D eigenvalue weighted by Crippen LogP contribution is -2.09. The SMILES string of the molecule is Cc1nc(CNC=O)sc1-c1nsc(-c2cc(O)c(C(=O)O)cc2F)n1. The minimum Gasteiger partial charge on any atom is -0.507 e. The van der Waals surface area contributed by atoms with Crippen LogP contribution in [0.1, 0.15) is 21.1 Å². The van der Waals surface area contributed by atoms with Crippen LogP contribution in [0.2, 0.25) is 0 Å². The van der Waals surface area contributed by atoms with Crippen molar-refractivity contribution in [2.24, 2.45) is 0 Å². The number of carboxylic acids is 1. The van der Waals surface area contributed by atoms with Gasteiger partial charge in [-0.3, -0.25) is 4.79 Å². The summed E-state index contributed by atoms with van der Waals surface area (Å²) in [6.07, 6.45) is 0.575. The maximum absolute atomic E-state index is 14.2. The number of nitrogens with zero attached hydrogens (tertiary/aromatic N) is 3. The number of amides is 1. The van der Waals surface area contributed by atoms with Crippen LogP contribution in [0.4, 0.5) is 4.39 Å². The van der Waals surface area contributed by atoms with Gasteiger partial charge in [0.05, 0.1) is 22.7 Å². The van der Waals surface area contributed by atoms with E-state index in [1.807, 2.05) is 0 Å². The lowest BCUT2D eigenvalue weighted by molar-refractivity contribution is -0.109. The van der Waals surface area contributed by atoms with Crippen LogP contribution < -0.4 is 5.32 Å². The number of phenols is 1. The normalized spacial score (nSPS) is 10.7. The van der Waals surface area contributed by atoms with Gasteiger partial charge in [0.15, 0.2) is 5.82 Å². The molecule has 0 aliphatic rings. The van der Waals surface area contributed by atoms with Crippen molar-refractivity contribution < 1.29 is 24.2 Å². The molecular weight excluding hydrogens is 383 g/mol. The van der Waals surface area contributed by atoms with E-state index >= 15 is 0 Å². The molecule has 0 radical (unpaired) electrons. The third kappa shape index (κ3) is 3.39. The fraction of sp³-hybridized carbons (Fsp3) is 0.133. The summed E-state index contributed by atoms with van der Waals surface area (Å²) in [6, 6.07) is 1.76. The molecule has 3 N–H and O–H groups in total. The summed E-state index contributed by atoms with van der Waals surface area (Å²) in [4.78, 5) is 30.6. The van der Waals surface area contributed by atoms with E-state index in [1.54, 1.807) is 6.92 Å². The van der Waals surface area contributed by atoms with Crippen LogP contribution >= 0.6 is 22.9 Å². The zero-order valence-corrected chi connectivity index (χ0v) is 14.8. The number of hydrogen-bond acceptors (Lipinski definition) is 8. The second-order valence-corrected chi connectivity index (χ2v) is 6.93. The van der Waals surface area contributed by atoms with Crippen molar-refractivity contribution in [2.45, 2.75) is 13.5 Å². The number of halogens is 1. The smallest absolute Gasteiger partial charge is 0.339 e. The molecule has 1 aromatic carbocycles. The van der Waals surface area contributed by atoms with Crippen LogP contribution in [0.25, 0.3) is 21.3 Å². The first-order valence-electron chi connectivity index (χ1n) is 7.14. The van der Waals surface area contributed by atoms with E-state index in [1.165, 1.54) is 11.3 Å². The van der Waals surface area contributed by atoms with Gasteiger partial charge in [-0.1, -0.05) is 0 Å². The van der Waals surface area contributed by atoms with Crippen molar-refractivity contribution >= 4 is 35.2 Å². The summed E-state index contributed by atoms with van der Waals surface area (Å²) in [5.41, 5.74) is 0.106. The predicted octanol–water partition coefficient (Wildman–Crippen LogP) is 2.43. The average molecular weight is 394 g/mol. The molecule has 0 aliphatic heterocycles. The van der Waals surface area contributed by atoms with Crippen LogP contribution in [-0.2, 0) is 11.3 Å². The van der Waals surface area contributed by atoms with Gasteiger partial charge in [0.1, 0.15) is 27.1 Å². The molecule has 26 heavy (non-hydrogen) atoms. The highest BCUT2D eigenvalue weighted by molar-refractivity contribution is 7.15. The number of aromatic nitrogens is 3. The van der Waals surface area contributed by atoms with Crippen LogP contribution in [0, 0.1) is 12.7 Å². The molecule has 0 aliphatic carbocycles. The molecule has 134 valence electrons. The molecule has 0 fully saturated rings. The molecule has 0 saturated heterocycles. The van der Waals surface area contributed by atoms with Crippen molar-refractivity contribution in [1.29, 1.82) is 0 Å². The number of rotatable bonds is 6. The molecule has 11 heteroatoms. The third-order valence-electron chi connectivity index (χ3n) is 3.35. The topological polar surface area (TPSA) is 125 Å². The molecule has 3 aromatic rings. The monoisotopic (exact) mass is 394 g/mol. The molecule has 2 aromatic heterocycles. The summed E-state index contributed by atoms with van der Waals surface area (Å²) in [6.45, 7) is 2.05. The molecule has 0 unspecified atom stereocenters. The van der Waals surface area contributed by atoms with Gasteiger partial charge >= 0.3 is 5.97 Å². The number of carbonyl (C=O) groups is 2. The van der Waals surface area contributed by atoms with Gasteiger partial charge in [-0.05, 0) is 30.6 Å². The van der Waals surface area contributed by atoms with E-state index in [9.17, 15) is 19.1 Å². The van der Waals surface area contributed by atoms with E-state index in [-0.39, 0.29) is 17.1 Å². The van der Waals surface area contributed by atoms with Gasteiger partial charge in [-0.15, -0.1) is 11.3 Å². The Balaban J connectivity index is 1.96. The maximum Gasteiger partial charge on any atom is 0.339 e. The molecule has 0 saturated carbocycles. The van der Waals surface area contributed by atoms with E-state index in [2.05, 4.69) is 19.7 Å². The van der Waals surface area contributed by atoms with Crippen molar-refractivity contribution in [3.63, 3.8) is 0 Å². The van der Waals surface area contributed by atoms with Gasteiger partial charge in [0, 0.05) is 0 Å². The average Bonchev–Trinajstić information content (AvgIpc) is 3.21. The van der Waals surface area contributed by atoms with Crippen LogP contribution in [0.15, 0.2) is 12.1 Å². The van der Waals surface area contributed by atoms with E-state index in [0.717, 1.165) is 23.7 Å². The molecule has 1 amide bonds. The first kappa shape index (κ1) is 17.9. The minimum absolute atomic E-state index is 0.0405. The van der Waals surface area contributed by atoms with Gasteiger partial charge in [0.2, 0.25) is 6.41 Å². The van der Waals surface area contributed by atoms with Gasteiger partial charge in [-0.25, -0.2) is 19.2 Å². The highest BCUT2D eigenvalue weighted by atomic mass is 32.1. The Morgan fingerprint density at radius 3 is 2.85 bits per heavy atom. The fourth-order valence-electron chi connectivity index (χ4n) is 2.19. The first-order valence-corrected chi connectivity index (χ1v) is 8.73. The lowest BCUT2D eigenvalue weighted by atomic mass is 10.1. The van der Waals surface area contributed by atoms with Gasteiger partial charge < -0.3 is 15.5 Å². The standard InChI is InChI=1S/C15H11FN4O4S2/c1-6-12(25-11(18-6)4-17-5-21)13-19-14(26-20-13)7-3-10(22)8(15(23)24)2-9(7)16/h2-3,5,22H,4H2,1H3,(H,17,21)(H,23,24). The first-order chi connectivity index (χ1) is 12.4. The summed E-state index contributed by atoms with van der Waals surface area (Å²) in [7, 11) is 0. The van der Waals surface area contributed by atoms with Crippen molar-refractivity contribution in [3.8, 4) is 27.0 Å². The number of carbonyl (C=O) groups excluding carboxylic acids is 1. The molecular formula is C15H11FN4O4S2. The fourth-order valence-corrected chi connectivity index (χ4v) is 3.88. The van der Waals surface area contributed by atoms with Crippen molar-refractivity contribution in [3.05, 3.63) is 34.2 Å². The third-order valence-corrected chi connectivity index (χ3v) is 5.25. The Bertz CT molecular complexity index is 1000. The molecule has 2 heterocycles. The van der Waals surface area contributed by atoms with Crippen molar-refractivity contribution in [1.82, 2.24) is 19.7 Å². The Kier molecular flexibility index (Phi) is 4.91. The Labute approximate surface area is 154 Å². The number of aryl methyl sites for hydroxylation is 1. The zero-order chi connectivity index (χ0) is 18.8. The number of benzene rings is 1. The Morgan fingerprint density at radius 1 is 1.38 bits per heavy atom.